The molecule has 0 saturated carbocycles. The highest BCUT2D eigenvalue weighted by Crippen LogP contribution is 2.23. The summed E-state index contributed by atoms with van der Waals surface area (Å²) in [7, 11) is 0. The van der Waals surface area contributed by atoms with Crippen molar-refractivity contribution in [3.63, 3.8) is 0 Å². The van der Waals surface area contributed by atoms with Crippen LogP contribution in [0.3, 0.4) is 0 Å². The van der Waals surface area contributed by atoms with Gasteiger partial charge in [0.25, 0.3) is 6.43 Å². The molecule has 18 heavy (non-hydrogen) atoms. The molecule has 0 fully saturated rings. The van der Waals surface area contributed by atoms with Gasteiger partial charge in [0.2, 0.25) is 0 Å². The van der Waals surface area contributed by atoms with E-state index in [1.54, 1.807) is 0 Å². The first-order chi connectivity index (χ1) is 8.72. The molecule has 0 bridgehead atoms. The van der Waals surface area contributed by atoms with Crippen molar-refractivity contribution in [3.05, 3.63) is 48.0 Å². The first-order valence-electron chi connectivity index (χ1n) is 5.91. The maximum atomic E-state index is 12.3. The first kappa shape index (κ1) is 12.9. The molecule has 1 atom stereocenters. The van der Waals surface area contributed by atoms with Crippen LogP contribution in [0.25, 0.3) is 10.8 Å². The summed E-state index contributed by atoms with van der Waals surface area (Å²) in [5, 5.41) is 4.95. The zero-order valence-electron chi connectivity index (χ0n) is 9.94. The highest BCUT2D eigenvalue weighted by molar-refractivity contribution is 5.86. The Morgan fingerprint density at radius 1 is 1.06 bits per heavy atom. The van der Waals surface area contributed by atoms with E-state index in [1.165, 1.54) is 0 Å². The molecule has 2 aromatic rings. The van der Waals surface area contributed by atoms with Crippen molar-refractivity contribution in [3.8, 4) is 0 Å². The topological polar surface area (TPSA) is 38.0 Å². The molecule has 3 N–H and O–H groups in total. The third kappa shape index (κ3) is 2.83. The standard InChI is InChI=1S/C14H16F2N2/c15-14(16)9-18-13(8-17)12-7-3-5-10-4-1-2-6-11(10)12/h1-7,13-14,18H,8-9,17H2. The summed E-state index contributed by atoms with van der Waals surface area (Å²) in [6, 6.07) is 13.5. The van der Waals surface area contributed by atoms with E-state index in [0.29, 0.717) is 6.54 Å². The molecular formula is C14H16F2N2. The van der Waals surface area contributed by atoms with Crippen molar-refractivity contribution < 1.29 is 8.78 Å². The maximum Gasteiger partial charge on any atom is 0.250 e. The lowest BCUT2D eigenvalue weighted by atomic mass is 9.99. The molecule has 4 heteroatoms. The van der Waals surface area contributed by atoms with Gasteiger partial charge in [-0.15, -0.1) is 0 Å². The smallest absolute Gasteiger partial charge is 0.250 e. The van der Waals surface area contributed by atoms with Crippen LogP contribution in [0.1, 0.15) is 11.6 Å². The van der Waals surface area contributed by atoms with Crippen LogP contribution in [0.15, 0.2) is 42.5 Å². The molecule has 0 radical (unpaired) electrons. The highest BCUT2D eigenvalue weighted by Gasteiger charge is 2.13. The molecule has 0 spiro atoms. The van der Waals surface area contributed by atoms with Crippen LogP contribution in [-0.2, 0) is 0 Å². The van der Waals surface area contributed by atoms with E-state index in [-0.39, 0.29) is 12.6 Å². The Morgan fingerprint density at radius 2 is 1.78 bits per heavy atom. The van der Waals surface area contributed by atoms with Gasteiger partial charge in [-0.3, -0.25) is 0 Å². The van der Waals surface area contributed by atoms with E-state index in [1.807, 2.05) is 42.5 Å². The number of benzene rings is 2. The van der Waals surface area contributed by atoms with Gasteiger partial charge in [0.05, 0.1) is 6.54 Å². The number of hydrogen-bond donors (Lipinski definition) is 2. The Balaban J connectivity index is 2.32. The van der Waals surface area contributed by atoms with Crippen LogP contribution in [0.2, 0.25) is 0 Å². The molecule has 0 saturated heterocycles. The van der Waals surface area contributed by atoms with E-state index < -0.39 is 6.43 Å². The minimum absolute atomic E-state index is 0.245. The molecule has 1 unspecified atom stereocenters. The summed E-state index contributed by atoms with van der Waals surface area (Å²) < 4.78 is 24.5. The maximum absolute atomic E-state index is 12.3. The number of hydrogen-bond acceptors (Lipinski definition) is 2. The van der Waals surface area contributed by atoms with Crippen LogP contribution < -0.4 is 11.1 Å². The molecule has 0 aliphatic heterocycles. The monoisotopic (exact) mass is 250 g/mol. The fourth-order valence-corrected chi connectivity index (χ4v) is 2.11. The summed E-state index contributed by atoms with van der Waals surface area (Å²) in [5.74, 6) is 0. The molecule has 2 nitrogen and oxygen atoms in total. The summed E-state index contributed by atoms with van der Waals surface area (Å²) in [4.78, 5) is 0. The van der Waals surface area contributed by atoms with Gasteiger partial charge in [-0.2, -0.15) is 0 Å². The van der Waals surface area contributed by atoms with Crippen molar-refractivity contribution in [2.75, 3.05) is 13.1 Å². The number of rotatable bonds is 5. The minimum Gasteiger partial charge on any atom is -0.329 e. The predicted molar refractivity (Wildman–Crippen MR) is 69.8 cm³/mol. The van der Waals surface area contributed by atoms with Crippen LogP contribution >= 0.6 is 0 Å². The largest absolute Gasteiger partial charge is 0.329 e. The number of alkyl halides is 2. The van der Waals surface area contributed by atoms with Crippen LogP contribution in [0.5, 0.6) is 0 Å². The summed E-state index contributed by atoms with van der Waals surface area (Å²) in [6.07, 6.45) is -2.37. The Labute approximate surface area is 105 Å². The van der Waals surface area contributed by atoms with Crippen LogP contribution in [0, 0.1) is 0 Å². The van der Waals surface area contributed by atoms with E-state index >= 15 is 0 Å². The van der Waals surface area contributed by atoms with E-state index in [2.05, 4.69) is 5.32 Å². The molecule has 0 aliphatic rings. The Hall–Kier alpha value is -1.52. The third-order valence-electron chi connectivity index (χ3n) is 2.95. The third-order valence-corrected chi connectivity index (χ3v) is 2.95. The number of halogens is 2. The van der Waals surface area contributed by atoms with Crippen LogP contribution in [0.4, 0.5) is 8.78 Å². The fourth-order valence-electron chi connectivity index (χ4n) is 2.11. The SMILES string of the molecule is NCC(NCC(F)F)c1cccc2ccccc12. The normalized spacial score (nSPS) is 13.1. The van der Waals surface area contributed by atoms with Gasteiger partial charge in [0.15, 0.2) is 0 Å². The van der Waals surface area contributed by atoms with E-state index in [9.17, 15) is 8.78 Å². The molecule has 2 rings (SSSR count). The summed E-state index contributed by atoms with van der Waals surface area (Å²) >= 11 is 0. The number of nitrogens with one attached hydrogen (secondary N) is 1. The lowest BCUT2D eigenvalue weighted by Crippen LogP contribution is -2.31. The second-order valence-corrected chi connectivity index (χ2v) is 4.16. The van der Waals surface area contributed by atoms with Crippen molar-refractivity contribution in [2.24, 2.45) is 5.73 Å². The van der Waals surface area contributed by atoms with Crippen molar-refractivity contribution in [1.29, 1.82) is 0 Å². The molecule has 0 heterocycles. The van der Waals surface area contributed by atoms with Gasteiger partial charge in [-0.05, 0) is 16.3 Å². The van der Waals surface area contributed by atoms with Gasteiger partial charge in [-0.1, -0.05) is 42.5 Å². The molecule has 2 aromatic carbocycles. The minimum atomic E-state index is -2.37. The molecule has 0 aromatic heterocycles. The van der Waals surface area contributed by atoms with Crippen LogP contribution in [-0.4, -0.2) is 19.5 Å². The van der Waals surface area contributed by atoms with Gasteiger partial charge in [-0.25, -0.2) is 8.78 Å². The highest BCUT2D eigenvalue weighted by atomic mass is 19.3. The number of fused-ring (bicyclic) bond motifs is 1. The lowest BCUT2D eigenvalue weighted by Gasteiger charge is -2.19. The quantitative estimate of drug-likeness (QED) is 0.856. The van der Waals surface area contributed by atoms with Gasteiger partial charge in [0, 0.05) is 12.6 Å². The van der Waals surface area contributed by atoms with Crippen molar-refractivity contribution in [1.82, 2.24) is 5.32 Å². The molecule has 96 valence electrons. The predicted octanol–water partition coefficient (Wildman–Crippen LogP) is 2.69. The Kier molecular flexibility index (Phi) is 4.23. The molecule has 0 aliphatic carbocycles. The van der Waals surface area contributed by atoms with E-state index in [4.69, 9.17) is 5.73 Å². The molecule has 0 amide bonds. The van der Waals surface area contributed by atoms with Gasteiger partial charge < -0.3 is 11.1 Å². The van der Waals surface area contributed by atoms with E-state index in [0.717, 1.165) is 16.3 Å². The summed E-state index contributed by atoms with van der Waals surface area (Å²) in [6.45, 7) is -0.0498. The van der Waals surface area contributed by atoms with Gasteiger partial charge >= 0.3 is 0 Å². The second-order valence-electron chi connectivity index (χ2n) is 4.16. The van der Waals surface area contributed by atoms with Gasteiger partial charge in [0.1, 0.15) is 0 Å². The van der Waals surface area contributed by atoms with Crippen molar-refractivity contribution >= 4 is 10.8 Å². The molecular weight excluding hydrogens is 234 g/mol. The fraction of sp³-hybridized carbons (Fsp3) is 0.286. The Morgan fingerprint density at radius 3 is 2.50 bits per heavy atom. The lowest BCUT2D eigenvalue weighted by molar-refractivity contribution is 0.141. The average Bonchev–Trinajstić information content (AvgIpc) is 2.39. The zero-order valence-corrected chi connectivity index (χ0v) is 9.94. The first-order valence-corrected chi connectivity index (χ1v) is 5.91. The number of nitrogens with two attached hydrogens (primary N) is 1. The van der Waals surface area contributed by atoms with Crippen molar-refractivity contribution in [2.45, 2.75) is 12.5 Å². The average molecular weight is 250 g/mol. The Bertz CT molecular complexity index is 509. The zero-order chi connectivity index (χ0) is 13.0. The second kappa shape index (κ2) is 5.89. The summed E-state index contributed by atoms with van der Waals surface area (Å²) in [5.41, 5.74) is 6.64.